The Morgan fingerprint density at radius 2 is 1.62 bits per heavy atom. The van der Waals surface area contributed by atoms with Gasteiger partial charge in [-0.1, -0.05) is 19.1 Å². The van der Waals surface area contributed by atoms with Crippen molar-refractivity contribution in [1.29, 1.82) is 0 Å². The molecule has 5 heteroatoms. The Kier molecular flexibility index (Phi) is 5.89. The Morgan fingerprint density at radius 1 is 0.923 bits per heavy atom. The molecule has 0 saturated carbocycles. The fraction of sp³-hybridized carbons (Fsp3) is 0.429. The number of hydrogen-bond donors (Lipinski definition) is 1. The van der Waals surface area contributed by atoms with Crippen LogP contribution in [0.15, 0.2) is 36.4 Å². The molecule has 0 aromatic heterocycles. The maximum atomic E-state index is 9.91. The highest BCUT2D eigenvalue weighted by Crippen LogP contribution is 2.34. The molecule has 26 heavy (non-hydrogen) atoms. The van der Waals surface area contributed by atoms with Crippen molar-refractivity contribution in [2.45, 2.75) is 19.8 Å². The summed E-state index contributed by atoms with van der Waals surface area (Å²) in [7, 11) is 3.27. The summed E-state index contributed by atoms with van der Waals surface area (Å²) in [5.41, 5.74) is 2.31. The van der Waals surface area contributed by atoms with Crippen LogP contribution in [-0.4, -0.2) is 32.7 Å². The number of ether oxygens (including phenoxy) is 4. The molecule has 1 aliphatic rings. The minimum absolute atomic E-state index is 0.142. The Bertz CT molecular complexity index is 743. The fourth-order valence-electron chi connectivity index (χ4n) is 3.36. The first kappa shape index (κ1) is 18.4. The summed E-state index contributed by atoms with van der Waals surface area (Å²) >= 11 is 0. The van der Waals surface area contributed by atoms with Gasteiger partial charge in [0.2, 0.25) is 6.79 Å². The van der Waals surface area contributed by atoms with Crippen LogP contribution in [0.1, 0.15) is 18.1 Å². The number of fused-ring (bicyclic) bond motifs is 1. The van der Waals surface area contributed by atoms with E-state index in [4.69, 9.17) is 18.9 Å². The van der Waals surface area contributed by atoms with Crippen LogP contribution in [0.5, 0.6) is 23.0 Å². The van der Waals surface area contributed by atoms with Crippen molar-refractivity contribution < 1.29 is 24.1 Å². The summed E-state index contributed by atoms with van der Waals surface area (Å²) in [6, 6.07) is 12.0. The average molecular weight is 358 g/mol. The largest absolute Gasteiger partial charge is 0.493 e. The Morgan fingerprint density at radius 3 is 2.35 bits per heavy atom. The molecule has 2 aromatic carbocycles. The van der Waals surface area contributed by atoms with E-state index >= 15 is 0 Å². The van der Waals surface area contributed by atoms with Gasteiger partial charge in [0, 0.05) is 6.61 Å². The van der Waals surface area contributed by atoms with E-state index in [1.807, 2.05) is 36.4 Å². The molecule has 2 aromatic rings. The molecule has 0 radical (unpaired) electrons. The van der Waals surface area contributed by atoms with Crippen LogP contribution in [0, 0.1) is 11.8 Å². The molecule has 2 atom stereocenters. The van der Waals surface area contributed by atoms with Crippen LogP contribution in [-0.2, 0) is 12.8 Å². The van der Waals surface area contributed by atoms with E-state index < -0.39 is 0 Å². The zero-order valence-corrected chi connectivity index (χ0v) is 15.5. The van der Waals surface area contributed by atoms with Gasteiger partial charge in [-0.15, -0.1) is 0 Å². The predicted molar refractivity (Wildman–Crippen MR) is 99.3 cm³/mol. The topological polar surface area (TPSA) is 57.2 Å². The van der Waals surface area contributed by atoms with Crippen molar-refractivity contribution in [3.8, 4) is 23.0 Å². The second-order valence-electron chi connectivity index (χ2n) is 6.71. The molecule has 0 fully saturated rings. The van der Waals surface area contributed by atoms with E-state index in [2.05, 4.69) is 6.92 Å². The normalized spacial score (nSPS) is 14.8. The third-order valence-electron chi connectivity index (χ3n) is 4.98. The van der Waals surface area contributed by atoms with Crippen molar-refractivity contribution in [2.24, 2.45) is 11.8 Å². The van der Waals surface area contributed by atoms with E-state index in [0.29, 0.717) is 5.92 Å². The molecule has 0 saturated heterocycles. The molecular formula is C21H26O5. The SMILES string of the molecule is COc1ccc(CC(C)C(CO)Cc2ccc3c(c2)OCO3)cc1OC. The van der Waals surface area contributed by atoms with Crippen LogP contribution in [0.2, 0.25) is 0 Å². The molecule has 0 bridgehead atoms. The molecule has 0 spiro atoms. The van der Waals surface area contributed by atoms with Crippen molar-refractivity contribution in [1.82, 2.24) is 0 Å². The lowest BCUT2D eigenvalue weighted by Crippen LogP contribution is -2.20. The average Bonchev–Trinajstić information content (AvgIpc) is 3.13. The van der Waals surface area contributed by atoms with E-state index in [-0.39, 0.29) is 19.3 Å². The highest BCUT2D eigenvalue weighted by Gasteiger charge is 2.20. The summed E-state index contributed by atoms with van der Waals surface area (Å²) < 4.78 is 21.5. The Hall–Kier alpha value is -2.40. The standard InChI is InChI=1S/C21H26O5/c1-14(8-15-4-6-18(23-2)20(10-15)24-3)17(12-22)9-16-5-7-19-21(11-16)26-13-25-19/h4-7,10-11,14,17,22H,8-9,12-13H2,1-3H3. The summed E-state index contributed by atoms with van der Waals surface area (Å²) in [5.74, 6) is 3.49. The minimum Gasteiger partial charge on any atom is -0.493 e. The molecule has 1 N–H and O–H groups in total. The highest BCUT2D eigenvalue weighted by atomic mass is 16.7. The molecule has 2 unspecified atom stereocenters. The van der Waals surface area contributed by atoms with Gasteiger partial charge in [-0.05, 0) is 60.1 Å². The number of rotatable bonds is 8. The maximum Gasteiger partial charge on any atom is 0.231 e. The lowest BCUT2D eigenvalue weighted by atomic mass is 9.84. The smallest absolute Gasteiger partial charge is 0.231 e. The minimum atomic E-state index is 0.142. The van der Waals surface area contributed by atoms with Crippen LogP contribution < -0.4 is 18.9 Å². The second kappa shape index (κ2) is 8.32. The molecule has 1 aliphatic heterocycles. The Balaban J connectivity index is 1.68. The zero-order chi connectivity index (χ0) is 18.5. The third kappa shape index (κ3) is 4.05. The first-order valence-electron chi connectivity index (χ1n) is 8.85. The summed E-state index contributed by atoms with van der Waals surface area (Å²) in [6.45, 7) is 2.59. The van der Waals surface area contributed by atoms with Gasteiger partial charge in [0.05, 0.1) is 14.2 Å². The van der Waals surface area contributed by atoms with E-state index in [1.54, 1.807) is 14.2 Å². The number of hydrogen-bond acceptors (Lipinski definition) is 5. The fourth-order valence-corrected chi connectivity index (χ4v) is 3.36. The number of benzene rings is 2. The van der Waals surface area contributed by atoms with Crippen LogP contribution in [0.4, 0.5) is 0 Å². The van der Waals surface area contributed by atoms with E-state index in [0.717, 1.165) is 41.4 Å². The van der Waals surface area contributed by atoms with Gasteiger partial charge in [-0.3, -0.25) is 0 Å². The van der Waals surface area contributed by atoms with Gasteiger partial charge in [-0.25, -0.2) is 0 Å². The predicted octanol–water partition coefficient (Wildman–Crippen LogP) is 3.46. The molecule has 1 heterocycles. The molecule has 140 valence electrons. The Labute approximate surface area is 154 Å². The lowest BCUT2D eigenvalue weighted by molar-refractivity contribution is 0.173. The first-order chi connectivity index (χ1) is 12.6. The summed E-state index contributed by atoms with van der Waals surface area (Å²) in [4.78, 5) is 0. The number of aliphatic hydroxyl groups excluding tert-OH is 1. The zero-order valence-electron chi connectivity index (χ0n) is 15.5. The van der Waals surface area contributed by atoms with Gasteiger partial charge in [0.25, 0.3) is 0 Å². The lowest BCUT2D eigenvalue weighted by Gasteiger charge is -2.23. The van der Waals surface area contributed by atoms with E-state index in [1.165, 1.54) is 5.56 Å². The van der Waals surface area contributed by atoms with Gasteiger partial charge in [-0.2, -0.15) is 0 Å². The van der Waals surface area contributed by atoms with Gasteiger partial charge in [0.15, 0.2) is 23.0 Å². The van der Waals surface area contributed by atoms with Crippen LogP contribution >= 0.6 is 0 Å². The molecule has 0 aliphatic carbocycles. The monoisotopic (exact) mass is 358 g/mol. The van der Waals surface area contributed by atoms with Crippen LogP contribution in [0.3, 0.4) is 0 Å². The van der Waals surface area contributed by atoms with Crippen molar-refractivity contribution in [2.75, 3.05) is 27.6 Å². The quantitative estimate of drug-likeness (QED) is 0.783. The number of methoxy groups -OCH3 is 2. The molecule has 5 nitrogen and oxygen atoms in total. The number of aliphatic hydroxyl groups is 1. The molecule has 3 rings (SSSR count). The molecular weight excluding hydrogens is 332 g/mol. The van der Waals surface area contributed by atoms with Gasteiger partial charge in [0.1, 0.15) is 0 Å². The second-order valence-corrected chi connectivity index (χ2v) is 6.71. The highest BCUT2D eigenvalue weighted by molar-refractivity contribution is 5.45. The maximum absolute atomic E-state index is 9.91. The van der Waals surface area contributed by atoms with E-state index in [9.17, 15) is 5.11 Å². The van der Waals surface area contributed by atoms with Gasteiger partial charge >= 0.3 is 0 Å². The molecule has 0 amide bonds. The van der Waals surface area contributed by atoms with Gasteiger partial charge < -0.3 is 24.1 Å². The van der Waals surface area contributed by atoms with Crippen molar-refractivity contribution in [3.63, 3.8) is 0 Å². The van der Waals surface area contributed by atoms with Crippen molar-refractivity contribution >= 4 is 0 Å². The third-order valence-corrected chi connectivity index (χ3v) is 4.98. The van der Waals surface area contributed by atoms with Crippen molar-refractivity contribution in [3.05, 3.63) is 47.5 Å². The van der Waals surface area contributed by atoms with Crippen LogP contribution in [0.25, 0.3) is 0 Å². The summed E-state index contributed by atoms with van der Waals surface area (Å²) in [5, 5.41) is 9.91. The first-order valence-corrected chi connectivity index (χ1v) is 8.85. The summed E-state index contributed by atoms with van der Waals surface area (Å²) in [6.07, 6.45) is 1.65.